The summed E-state index contributed by atoms with van der Waals surface area (Å²) in [4.78, 5) is 0. The van der Waals surface area contributed by atoms with E-state index in [0.29, 0.717) is 12.3 Å². The average molecular weight is 270 g/mol. The topological polar surface area (TPSA) is 60.7 Å². The molecule has 2 fully saturated rings. The molecule has 0 aromatic rings. The van der Waals surface area contributed by atoms with E-state index in [4.69, 9.17) is 0 Å². The van der Waals surface area contributed by atoms with Crippen molar-refractivity contribution in [3.63, 3.8) is 0 Å². The molecule has 0 heterocycles. The number of fused-ring (bicyclic) bond motifs is 1. The average Bonchev–Trinajstić information content (AvgIpc) is 2.29. The fraction of sp³-hybridized carbons (Fsp3) is 1.00. The van der Waals surface area contributed by atoms with Crippen LogP contribution in [0.4, 0.5) is 0 Å². The summed E-state index contributed by atoms with van der Waals surface area (Å²) in [6.45, 7) is 8.64. The van der Waals surface area contributed by atoms with Gasteiger partial charge in [0.15, 0.2) is 0 Å². The molecular weight excluding hydrogens is 240 g/mol. The van der Waals surface area contributed by atoms with Gasteiger partial charge in [-0.05, 0) is 61.7 Å². The molecule has 0 aromatic heterocycles. The van der Waals surface area contributed by atoms with Gasteiger partial charge >= 0.3 is 0 Å². The molecule has 3 nitrogen and oxygen atoms in total. The first-order chi connectivity index (χ1) is 8.66. The van der Waals surface area contributed by atoms with Crippen LogP contribution in [0.2, 0.25) is 0 Å². The van der Waals surface area contributed by atoms with E-state index in [1.54, 1.807) is 0 Å². The number of rotatable bonds is 2. The highest BCUT2D eigenvalue weighted by atomic mass is 16.3. The molecule has 0 aliphatic heterocycles. The Morgan fingerprint density at radius 3 is 2.26 bits per heavy atom. The quantitative estimate of drug-likeness (QED) is 0.722. The van der Waals surface area contributed by atoms with Gasteiger partial charge in [0, 0.05) is 6.61 Å². The Balaban J connectivity index is 2.38. The van der Waals surface area contributed by atoms with Crippen LogP contribution in [-0.2, 0) is 0 Å². The number of aliphatic hydroxyl groups is 3. The van der Waals surface area contributed by atoms with Gasteiger partial charge in [0.2, 0.25) is 0 Å². The summed E-state index contributed by atoms with van der Waals surface area (Å²) in [5, 5.41) is 30.4. The van der Waals surface area contributed by atoms with E-state index in [1.165, 1.54) is 0 Å². The molecule has 2 rings (SSSR count). The lowest BCUT2D eigenvalue weighted by Gasteiger charge is -2.62. The Bertz CT molecular complexity index is 333. The largest absolute Gasteiger partial charge is 0.396 e. The molecule has 3 N–H and O–H groups in total. The van der Waals surface area contributed by atoms with Crippen LogP contribution in [0, 0.1) is 22.7 Å². The van der Waals surface area contributed by atoms with Gasteiger partial charge in [0.05, 0.1) is 11.7 Å². The van der Waals surface area contributed by atoms with Crippen molar-refractivity contribution in [2.24, 2.45) is 22.7 Å². The zero-order valence-electron chi connectivity index (χ0n) is 12.8. The lowest BCUT2D eigenvalue weighted by atomic mass is 9.44. The number of hydrogen-bond acceptors (Lipinski definition) is 3. The summed E-state index contributed by atoms with van der Waals surface area (Å²) < 4.78 is 0. The first kappa shape index (κ1) is 15.3. The third-order valence-electron chi connectivity index (χ3n) is 6.41. The zero-order chi connectivity index (χ0) is 14.5. The molecule has 0 bridgehead atoms. The minimum absolute atomic E-state index is 0.0210. The smallest absolute Gasteiger partial charge is 0.0654 e. The van der Waals surface area contributed by atoms with E-state index >= 15 is 0 Å². The molecule has 0 radical (unpaired) electrons. The second kappa shape index (κ2) is 4.71. The zero-order valence-corrected chi connectivity index (χ0v) is 12.8. The highest BCUT2D eigenvalue weighted by molar-refractivity contribution is 5.09. The standard InChI is InChI=1S/C16H30O3/c1-14(2)11-5-9-16(4,19)12(7-10-17)15(11,3)8-6-13(14)18/h11-13,17-19H,5-10H2,1-4H3/t11?,12-,13-,15-,16+/m0/s1. The molecule has 0 spiro atoms. The van der Waals surface area contributed by atoms with Gasteiger partial charge in [-0.2, -0.15) is 0 Å². The van der Waals surface area contributed by atoms with Gasteiger partial charge < -0.3 is 15.3 Å². The molecule has 2 aliphatic rings. The van der Waals surface area contributed by atoms with Crippen LogP contribution in [0.25, 0.3) is 0 Å². The summed E-state index contributed by atoms with van der Waals surface area (Å²) in [5.74, 6) is 0.538. The van der Waals surface area contributed by atoms with Gasteiger partial charge in [-0.1, -0.05) is 20.8 Å². The molecule has 19 heavy (non-hydrogen) atoms. The van der Waals surface area contributed by atoms with Crippen LogP contribution in [0.5, 0.6) is 0 Å². The fourth-order valence-electron chi connectivity index (χ4n) is 5.29. The summed E-state index contributed by atoms with van der Waals surface area (Å²) in [6, 6.07) is 0. The fourth-order valence-corrected chi connectivity index (χ4v) is 5.29. The van der Waals surface area contributed by atoms with Crippen molar-refractivity contribution in [1.82, 2.24) is 0 Å². The van der Waals surface area contributed by atoms with Crippen LogP contribution < -0.4 is 0 Å². The first-order valence-electron chi connectivity index (χ1n) is 7.67. The lowest BCUT2D eigenvalue weighted by molar-refractivity contribution is -0.197. The Morgan fingerprint density at radius 1 is 1.05 bits per heavy atom. The van der Waals surface area contributed by atoms with Crippen LogP contribution >= 0.6 is 0 Å². The predicted molar refractivity (Wildman–Crippen MR) is 75.7 cm³/mol. The van der Waals surface area contributed by atoms with Crippen molar-refractivity contribution in [2.45, 2.75) is 71.5 Å². The Labute approximate surface area is 117 Å². The number of hydrogen-bond donors (Lipinski definition) is 3. The highest BCUT2D eigenvalue weighted by Gasteiger charge is 2.59. The monoisotopic (exact) mass is 270 g/mol. The van der Waals surface area contributed by atoms with Crippen LogP contribution in [-0.4, -0.2) is 33.6 Å². The van der Waals surface area contributed by atoms with E-state index in [9.17, 15) is 15.3 Å². The summed E-state index contributed by atoms with van der Waals surface area (Å²) in [7, 11) is 0. The second-order valence-corrected chi connectivity index (χ2v) is 7.89. The van der Waals surface area contributed by atoms with Crippen molar-refractivity contribution < 1.29 is 15.3 Å². The molecule has 2 aliphatic carbocycles. The van der Waals surface area contributed by atoms with Crippen molar-refractivity contribution in [1.29, 1.82) is 0 Å². The highest BCUT2D eigenvalue weighted by Crippen LogP contribution is 2.62. The van der Waals surface area contributed by atoms with Crippen molar-refractivity contribution in [3.8, 4) is 0 Å². The van der Waals surface area contributed by atoms with Crippen LogP contribution in [0.3, 0.4) is 0 Å². The third kappa shape index (κ3) is 2.24. The van der Waals surface area contributed by atoms with Crippen LogP contribution in [0.1, 0.15) is 59.8 Å². The summed E-state index contributed by atoms with van der Waals surface area (Å²) in [5.41, 5.74) is -0.767. The molecule has 2 saturated carbocycles. The molecule has 112 valence electrons. The Kier molecular flexibility index (Phi) is 3.79. The van der Waals surface area contributed by atoms with Crippen molar-refractivity contribution in [3.05, 3.63) is 0 Å². The maximum atomic E-state index is 10.7. The minimum Gasteiger partial charge on any atom is -0.396 e. The number of aliphatic hydroxyl groups excluding tert-OH is 2. The third-order valence-corrected chi connectivity index (χ3v) is 6.41. The van der Waals surface area contributed by atoms with Crippen LogP contribution in [0.15, 0.2) is 0 Å². The van der Waals surface area contributed by atoms with E-state index in [2.05, 4.69) is 20.8 Å². The molecule has 0 saturated heterocycles. The lowest BCUT2D eigenvalue weighted by Crippen LogP contribution is -2.60. The van der Waals surface area contributed by atoms with Gasteiger partial charge in [-0.25, -0.2) is 0 Å². The summed E-state index contributed by atoms with van der Waals surface area (Å²) in [6.07, 6.45) is 3.90. The second-order valence-electron chi connectivity index (χ2n) is 7.89. The van der Waals surface area contributed by atoms with Crippen molar-refractivity contribution >= 4 is 0 Å². The van der Waals surface area contributed by atoms with E-state index in [0.717, 1.165) is 25.7 Å². The predicted octanol–water partition coefficient (Wildman–Crippen LogP) is 2.33. The van der Waals surface area contributed by atoms with Crippen molar-refractivity contribution in [2.75, 3.05) is 6.61 Å². The van der Waals surface area contributed by atoms with Gasteiger partial charge in [-0.3, -0.25) is 0 Å². The van der Waals surface area contributed by atoms with E-state index < -0.39 is 5.60 Å². The molecule has 0 aromatic carbocycles. The molecule has 1 unspecified atom stereocenters. The maximum absolute atomic E-state index is 10.7. The Morgan fingerprint density at radius 2 is 1.68 bits per heavy atom. The SMILES string of the molecule is CC1(C)C2CC[C@@](C)(O)[C@@H](CCO)[C@@]2(C)CC[C@@H]1O. The van der Waals surface area contributed by atoms with Gasteiger partial charge in [0.1, 0.15) is 0 Å². The van der Waals surface area contributed by atoms with E-state index in [-0.39, 0.29) is 29.5 Å². The molecular formula is C16H30O3. The van der Waals surface area contributed by atoms with Gasteiger partial charge in [0.25, 0.3) is 0 Å². The van der Waals surface area contributed by atoms with E-state index in [1.807, 2.05) is 6.92 Å². The first-order valence-corrected chi connectivity index (χ1v) is 7.67. The normalized spacial score (nSPS) is 49.7. The molecule has 0 amide bonds. The Hall–Kier alpha value is -0.120. The maximum Gasteiger partial charge on any atom is 0.0654 e. The molecule has 5 atom stereocenters. The van der Waals surface area contributed by atoms with Gasteiger partial charge in [-0.15, -0.1) is 0 Å². The summed E-state index contributed by atoms with van der Waals surface area (Å²) >= 11 is 0. The minimum atomic E-state index is -0.688. The molecule has 3 heteroatoms.